The van der Waals surface area contributed by atoms with Crippen LogP contribution in [0.25, 0.3) is 0 Å². The summed E-state index contributed by atoms with van der Waals surface area (Å²) < 4.78 is 6.61. The van der Waals surface area contributed by atoms with Gasteiger partial charge in [-0.25, -0.2) is 0 Å². The second kappa shape index (κ2) is 13.4. The fourth-order valence-electron chi connectivity index (χ4n) is 4.98. The minimum absolute atomic E-state index is 0.0253. The molecule has 1 aliphatic heterocycles. The lowest BCUT2D eigenvalue weighted by molar-refractivity contribution is -0.134. The maximum Gasteiger partial charge on any atom is 0.228 e. The van der Waals surface area contributed by atoms with E-state index in [1.807, 2.05) is 73.7 Å². The Balaban J connectivity index is 1.56. The average molecular weight is 530 g/mol. The van der Waals surface area contributed by atoms with Gasteiger partial charge in [-0.05, 0) is 43.3 Å². The van der Waals surface area contributed by atoms with Crippen LogP contribution < -0.4 is 10.1 Å². The first-order valence-corrected chi connectivity index (χ1v) is 13.6. The zero-order valence-electron chi connectivity index (χ0n) is 23.0. The smallest absolute Gasteiger partial charge is 0.228 e. The van der Waals surface area contributed by atoms with E-state index in [1.165, 1.54) is 5.56 Å². The zero-order chi connectivity index (χ0) is 27.8. The predicted octanol–water partition coefficient (Wildman–Crippen LogP) is 4.15. The van der Waals surface area contributed by atoms with E-state index in [0.29, 0.717) is 24.5 Å². The summed E-state index contributed by atoms with van der Waals surface area (Å²) >= 11 is 0. The number of ether oxygens (including phenoxy) is 1. The van der Waals surface area contributed by atoms with Gasteiger partial charge in [0.1, 0.15) is 11.9 Å². The molecule has 39 heavy (non-hydrogen) atoms. The summed E-state index contributed by atoms with van der Waals surface area (Å²) in [5.74, 6) is 0.477. The van der Waals surface area contributed by atoms with E-state index in [4.69, 9.17) is 4.74 Å². The van der Waals surface area contributed by atoms with Gasteiger partial charge in [-0.3, -0.25) is 14.5 Å². The highest BCUT2D eigenvalue weighted by atomic mass is 16.5. The van der Waals surface area contributed by atoms with Crippen molar-refractivity contribution in [2.45, 2.75) is 45.4 Å². The number of fused-ring (bicyclic) bond motifs is 1. The van der Waals surface area contributed by atoms with E-state index in [-0.39, 0.29) is 49.3 Å². The third kappa shape index (κ3) is 7.91. The molecule has 7 nitrogen and oxygen atoms in total. The predicted molar refractivity (Wildman–Crippen MR) is 154 cm³/mol. The quantitative estimate of drug-likeness (QED) is 0.435. The van der Waals surface area contributed by atoms with Gasteiger partial charge in [0.2, 0.25) is 11.8 Å². The van der Waals surface area contributed by atoms with E-state index in [9.17, 15) is 14.7 Å². The molecule has 0 aliphatic carbocycles. The Morgan fingerprint density at radius 2 is 1.74 bits per heavy atom. The van der Waals surface area contributed by atoms with Crippen LogP contribution in [0.15, 0.2) is 78.9 Å². The van der Waals surface area contributed by atoms with Crippen LogP contribution in [-0.4, -0.2) is 65.6 Å². The molecule has 3 atom stereocenters. The number of nitrogens with zero attached hydrogens (tertiary/aromatic N) is 2. The molecule has 0 unspecified atom stereocenters. The number of rotatable bonds is 9. The van der Waals surface area contributed by atoms with Crippen LogP contribution >= 0.6 is 0 Å². The minimum Gasteiger partial charge on any atom is -0.488 e. The van der Waals surface area contributed by atoms with Crippen LogP contribution in [0, 0.1) is 5.92 Å². The molecule has 0 aromatic heterocycles. The standard InChI is InChI=1S/C32H39N3O4/c1-23-19-35(24(2)22-36)32(38)18-27-17-28(33-31(37)16-25-10-6-4-7-11-25)14-15-29(27)39-30(23)21-34(3)20-26-12-8-5-9-13-26/h4-15,17,23-24,30,36H,16,18-22H2,1-3H3,(H,33,37)/t23-,24-,30+/m0/s1. The van der Waals surface area contributed by atoms with Crippen LogP contribution in [-0.2, 0) is 29.0 Å². The van der Waals surface area contributed by atoms with Gasteiger partial charge in [0, 0.05) is 36.8 Å². The van der Waals surface area contributed by atoms with Crippen molar-refractivity contribution in [2.75, 3.05) is 32.1 Å². The van der Waals surface area contributed by atoms with Crippen molar-refractivity contribution >= 4 is 17.5 Å². The fourth-order valence-corrected chi connectivity index (χ4v) is 4.98. The molecule has 0 saturated heterocycles. The summed E-state index contributed by atoms with van der Waals surface area (Å²) in [6.07, 6.45) is 0.208. The maximum atomic E-state index is 13.4. The second-order valence-corrected chi connectivity index (χ2v) is 10.6. The van der Waals surface area contributed by atoms with E-state index in [2.05, 4.69) is 36.3 Å². The van der Waals surface area contributed by atoms with Crippen molar-refractivity contribution in [3.63, 3.8) is 0 Å². The number of benzene rings is 3. The van der Waals surface area contributed by atoms with Crippen LogP contribution in [0.2, 0.25) is 0 Å². The average Bonchev–Trinajstić information content (AvgIpc) is 2.97. The number of aliphatic hydroxyl groups excluding tert-OH is 1. The first kappa shape index (κ1) is 28.3. The van der Waals surface area contributed by atoms with E-state index in [1.54, 1.807) is 4.90 Å². The van der Waals surface area contributed by atoms with Gasteiger partial charge in [-0.2, -0.15) is 0 Å². The number of anilines is 1. The van der Waals surface area contributed by atoms with E-state index < -0.39 is 0 Å². The fraction of sp³-hybridized carbons (Fsp3) is 0.375. The van der Waals surface area contributed by atoms with Gasteiger partial charge in [0.15, 0.2) is 0 Å². The molecule has 3 aromatic rings. The molecule has 3 aromatic carbocycles. The zero-order valence-corrected chi connectivity index (χ0v) is 23.0. The largest absolute Gasteiger partial charge is 0.488 e. The highest BCUT2D eigenvalue weighted by Crippen LogP contribution is 2.29. The van der Waals surface area contributed by atoms with Gasteiger partial charge in [0.25, 0.3) is 0 Å². The van der Waals surface area contributed by atoms with Crippen molar-refractivity contribution in [1.29, 1.82) is 0 Å². The summed E-state index contributed by atoms with van der Waals surface area (Å²) in [6, 6.07) is 25.1. The normalized spacial score (nSPS) is 18.4. The lowest BCUT2D eigenvalue weighted by Crippen LogP contribution is -2.47. The molecule has 0 radical (unpaired) electrons. The molecule has 0 fully saturated rings. The third-order valence-corrected chi connectivity index (χ3v) is 7.19. The molecular weight excluding hydrogens is 490 g/mol. The van der Waals surface area contributed by atoms with Crippen molar-refractivity contribution in [1.82, 2.24) is 9.80 Å². The van der Waals surface area contributed by atoms with Crippen molar-refractivity contribution in [2.24, 2.45) is 5.92 Å². The Kier molecular flexibility index (Phi) is 9.74. The lowest BCUT2D eigenvalue weighted by atomic mass is 10.0. The summed E-state index contributed by atoms with van der Waals surface area (Å²) in [6.45, 7) is 5.78. The summed E-state index contributed by atoms with van der Waals surface area (Å²) in [5, 5.41) is 12.8. The van der Waals surface area contributed by atoms with Gasteiger partial charge < -0.3 is 20.1 Å². The topological polar surface area (TPSA) is 82.1 Å². The Hall–Kier alpha value is -3.68. The van der Waals surface area contributed by atoms with Crippen LogP contribution in [0.3, 0.4) is 0 Å². The Morgan fingerprint density at radius 3 is 2.41 bits per heavy atom. The number of amides is 2. The number of hydrogen-bond donors (Lipinski definition) is 2. The number of aliphatic hydroxyl groups is 1. The molecule has 1 aliphatic rings. The summed E-state index contributed by atoms with van der Waals surface area (Å²) in [5.41, 5.74) is 3.49. The third-order valence-electron chi connectivity index (χ3n) is 7.19. The van der Waals surface area contributed by atoms with E-state index in [0.717, 1.165) is 17.7 Å². The Bertz CT molecular complexity index is 1230. The first-order valence-electron chi connectivity index (χ1n) is 13.6. The SMILES string of the molecule is C[C@H]1CN([C@@H](C)CO)C(=O)Cc2cc(NC(=O)Cc3ccccc3)ccc2O[C@@H]1CN(C)Cc1ccccc1. The Labute approximate surface area is 231 Å². The highest BCUT2D eigenvalue weighted by Gasteiger charge is 2.31. The highest BCUT2D eigenvalue weighted by molar-refractivity contribution is 5.92. The number of hydrogen-bond acceptors (Lipinski definition) is 5. The van der Waals surface area contributed by atoms with Crippen molar-refractivity contribution < 1.29 is 19.4 Å². The molecular formula is C32H39N3O4. The molecule has 206 valence electrons. The second-order valence-electron chi connectivity index (χ2n) is 10.6. The van der Waals surface area contributed by atoms with E-state index >= 15 is 0 Å². The van der Waals surface area contributed by atoms with Crippen molar-refractivity contribution in [3.05, 3.63) is 95.6 Å². The molecule has 2 amide bonds. The van der Waals surface area contributed by atoms with Crippen molar-refractivity contribution in [3.8, 4) is 5.75 Å². The molecule has 7 heteroatoms. The van der Waals surface area contributed by atoms with Crippen LogP contribution in [0.1, 0.15) is 30.5 Å². The molecule has 0 spiro atoms. The van der Waals surface area contributed by atoms with Gasteiger partial charge in [-0.15, -0.1) is 0 Å². The number of likely N-dealkylation sites (N-methyl/N-ethyl adjacent to an activating group) is 1. The Morgan fingerprint density at radius 1 is 1.08 bits per heavy atom. The van der Waals surface area contributed by atoms with Gasteiger partial charge >= 0.3 is 0 Å². The van der Waals surface area contributed by atoms with Gasteiger partial charge in [-0.1, -0.05) is 67.6 Å². The summed E-state index contributed by atoms with van der Waals surface area (Å²) in [7, 11) is 2.07. The van der Waals surface area contributed by atoms with Crippen LogP contribution in [0.4, 0.5) is 5.69 Å². The maximum absolute atomic E-state index is 13.4. The molecule has 2 N–H and O–H groups in total. The number of carbonyl (C=O) groups is 2. The monoisotopic (exact) mass is 529 g/mol. The lowest BCUT2D eigenvalue weighted by Gasteiger charge is -2.34. The molecule has 4 rings (SSSR count). The number of nitrogens with one attached hydrogen (secondary N) is 1. The summed E-state index contributed by atoms with van der Waals surface area (Å²) in [4.78, 5) is 30.1. The molecule has 0 bridgehead atoms. The number of carbonyl (C=O) groups excluding carboxylic acids is 2. The van der Waals surface area contributed by atoms with Crippen LogP contribution in [0.5, 0.6) is 5.75 Å². The molecule has 1 heterocycles. The first-order chi connectivity index (χ1) is 18.8. The minimum atomic E-state index is -0.307. The molecule has 0 saturated carbocycles. The van der Waals surface area contributed by atoms with Gasteiger partial charge in [0.05, 0.1) is 25.5 Å².